The zero-order valence-electron chi connectivity index (χ0n) is 18.3. The number of hydrogen-bond acceptors (Lipinski definition) is 4. The van der Waals surface area contributed by atoms with Gasteiger partial charge in [-0.1, -0.05) is 47.5 Å². The van der Waals surface area contributed by atoms with E-state index in [0.29, 0.717) is 45.5 Å². The number of halogens is 2. The van der Waals surface area contributed by atoms with Crippen molar-refractivity contribution in [2.24, 2.45) is 0 Å². The van der Waals surface area contributed by atoms with Crippen molar-refractivity contribution >= 4 is 29.1 Å². The lowest BCUT2D eigenvalue weighted by atomic mass is 9.95. The molecule has 2 N–H and O–H groups in total. The average Bonchev–Trinajstić information content (AvgIpc) is 3.39. The van der Waals surface area contributed by atoms with Gasteiger partial charge in [0.15, 0.2) is 0 Å². The minimum atomic E-state index is -0.398. The summed E-state index contributed by atoms with van der Waals surface area (Å²) >= 11 is 12.3. The van der Waals surface area contributed by atoms with Crippen LogP contribution in [0.5, 0.6) is 11.5 Å². The molecule has 4 aromatic rings. The van der Waals surface area contributed by atoms with Gasteiger partial charge in [-0.05, 0) is 60.0 Å². The summed E-state index contributed by atoms with van der Waals surface area (Å²) in [5.41, 5.74) is 4.06. The zero-order valence-corrected chi connectivity index (χ0v) is 19.8. The fourth-order valence-electron chi connectivity index (χ4n) is 4.36. The molecule has 0 spiro atoms. The van der Waals surface area contributed by atoms with Crippen molar-refractivity contribution in [1.82, 2.24) is 15.1 Å². The monoisotopic (exact) mass is 493 g/mol. The number of rotatable bonds is 6. The van der Waals surface area contributed by atoms with Crippen LogP contribution in [0.2, 0.25) is 10.0 Å². The Morgan fingerprint density at radius 2 is 1.74 bits per heavy atom. The molecule has 8 heteroatoms. The van der Waals surface area contributed by atoms with E-state index in [4.69, 9.17) is 27.9 Å². The molecular formula is C26H21Cl2N3O3. The van der Waals surface area contributed by atoms with Gasteiger partial charge in [-0.2, -0.15) is 5.10 Å². The van der Waals surface area contributed by atoms with Gasteiger partial charge in [-0.15, -0.1) is 0 Å². The average molecular weight is 494 g/mol. The third-order valence-corrected chi connectivity index (χ3v) is 6.55. The lowest BCUT2D eigenvalue weighted by Gasteiger charge is -2.26. The molecule has 0 aliphatic carbocycles. The van der Waals surface area contributed by atoms with E-state index in [1.54, 1.807) is 31.4 Å². The summed E-state index contributed by atoms with van der Waals surface area (Å²) in [5, 5.41) is 18.9. The van der Waals surface area contributed by atoms with Crippen LogP contribution in [0.25, 0.3) is 11.3 Å². The zero-order chi connectivity index (χ0) is 23.8. The Labute approximate surface area is 206 Å². The number of methoxy groups -OCH3 is 1. The molecular weight excluding hydrogens is 473 g/mol. The van der Waals surface area contributed by atoms with Crippen LogP contribution in [0.3, 0.4) is 0 Å². The van der Waals surface area contributed by atoms with Crippen molar-refractivity contribution in [2.75, 3.05) is 13.7 Å². The van der Waals surface area contributed by atoms with Gasteiger partial charge in [0.1, 0.15) is 22.9 Å². The predicted molar refractivity (Wildman–Crippen MR) is 132 cm³/mol. The maximum atomic E-state index is 13.5. The SMILES string of the molecule is COc1ccc(CCN2C(=O)c3[nH]nc(-c4cc(Cl)ccc4O)c3C2c2ccc(Cl)cc2)cc1. The molecule has 3 aromatic carbocycles. The van der Waals surface area contributed by atoms with Crippen molar-refractivity contribution in [1.29, 1.82) is 0 Å². The number of phenolic OH excluding ortho intramolecular Hbond substituents is 1. The minimum absolute atomic E-state index is 0.0395. The van der Waals surface area contributed by atoms with E-state index in [9.17, 15) is 9.90 Å². The van der Waals surface area contributed by atoms with E-state index in [1.807, 2.05) is 41.3 Å². The number of aromatic hydroxyl groups is 1. The van der Waals surface area contributed by atoms with Crippen LogP contribution in [0.15, 0.2) is 66.7 Å². The molecule has 0 radical (unpaired) electrons. The van der Waals surface area contributed by atoms with Gasteiger partial charge in [-0.3, -0.25) is 9.89 Å². The molecule has 1 aliphatic rings. The molecule has 172 valence electrons. The Hall–Kier alpha value is -3.48. The van der Waals surface area contributed by atoms with E-state index in [2.05, 4.69) is 10.2 Å². The highest BCUT2D eigenvalue weighted by Crippen LogP contribution is 2.45. The summed E-state index contributed by atoms with van der Waals surface area (Å²) < 4.78 is 5.24. The molecule has 1 atom stereocenters. The molecule has 2 heterocycles. The Bertz CT molecular complexity index is 1350. The first-order valence-electron chi connectivity index (χ1n) is 10.7. The van der Waals surface area contributed by atoms with Gasteiger partial charge in [0.25, 0.3) is 5.91 Å². The maximum absolute atomic E-state index is 13.5. The van der Waals surface area contributed by atoms with E-state index >= 15 is 0 Å². The van der Waals surface area contributed by atoms with Crippen LogP contribution in [-0.4, -0.2) is 39.8 Å². The number of nitrogens with one attached hydrogen (secondary N) is 1. The Morgan fingerprint density at radius 1 is 1.03 bits per heavy atom. The molecule has 5 rings (SSSR count). The Morgan fingerprint density at radius 3 is 2.44 bits per heavy atom. The second-order valence-corrected chi connectivity index (χ2v) is 8.95. The number of carbonyl (C=O) groups excluding carboxylic acids is 1. The van der Waals surface area contributed by atoms with Gasteiger partial charge in [-0.25, -0.2) is 0 Å². The minimum Gasteiger partial charge on any atom is -0.507 e. The molecule has 0 bridgehead atoms. The number of benzene rings is 3. The highest BCUT2D eigenvalue weighted by molar-refractivity contribution is 6.31. The van der Waals surface area contributed by atoms with Gasteiger partial charge in [0, 0.05) is 27.7 Å². The van der Waals surface area contributed by atoms with E-state index < -0.39 is 6.04 Å². The molecule has 1 unspecified atom stereocenters. The van der Waals surface area contributed by atoms with Crippen molar-refractivity contribution < 1.29 is 14.6 Å². The van der Waals surface area contributed by atoms with Crippen molar-refractivity contribution in [2.45, 2.75) is 12.5 Å². The highest BCUT2D eigenvalue weighted by atomic mass is 35.5. The number of H-pyrrole nitrogens is 1. The van der Waals surface area contributed by atoms with E-state index in [0.717, 1.165) is 16.9 Å². The quantitative estimate of drug-likeness (QED) is 0.351. The Kier molecular flexibility index (Phi) is 5.94. The van der Waals surface area contributed by atoms with Gasteiger partial charge in [0.2, 0.25) is 0 Å². The molecule has 0 saturated carbocycles. The maximum Gasteiger partial charge on any atom is 0.273 e. The summed E-state index contributed by atoms with van der Waals surface area (Å²) in [5.74, 6) is 0.675. The van der Waals surface area contributed by atoms with E-state index in [1.165, 1.54) is 6.07 Å². The topological polar surface area (TPSA) is 78.5 Å². The molecule has 34 heavy (non-hydrogen) atoms. The molecule has 6 nitrogen and oxygen atoms in total. The summed E-state index contributed by atoms with van der Waals surface area (Å²) in [6.45, 7) is 0.488. The number of phenols is 1. The van der Waals surface area contributed by atoms with E-state index in [-0.39, 0.29) is 11.7 Å². The van der Waals surface area contributed by atoms with Crippen molar-refractivity contribution in [3.8, 4) is 22.8 Å². The van der Waals surface area contributed by atoms with Crippen LogP contribution >= 0.6 is 23.2 Å². The summed E-state index contributed by atoms with van der Waals surface area (Å²) in [7, 11) is 1.63. The molecule has 0 saturated heterocycles. The largest absolute Gasteiger partial charge is 0.507 e. The van der Waals surface area contributed by atoms with Gasteiger partial charge in [0.05, 0.1) is 13.2 Å². The van der Waals surface area contributed by atoms with Crippen LogP contribution in [-0.2, 0) is 6.42 Å². The molecule has 1 aliphatic heterocycles. The normalized spacial score (nSPS) is 15.0. The summed E-state index contributed by atoms with van der Waals surface area (Å²) in [4.78, 5) is 15.3. The molecule has 1 aromatic heterocycles. The second kappa shape index (κ2) is 9.05. The van der Waals surface area contributed by atoms with Crippen LogP contribution in [0.1, 0.15) is 33.2 Å². The van der Waals surface area contributed by atoms with Crippen molar-refractivity contribution in [3.05, 3.63) is 99.2 Å². The summed E-state index contributed by atoms with van der Waals surface area (Å²) in [6, 6.07) is 19.6. The van der Waals surface area contributed by atoms with Gasteiger partial charge < -0.3 is 14.7 Å². The Balaban J connectivity index is 1.56. The number of hydrogen-bond donors (Lipinski definition) is 2. The van der Waals surface area contributed by atoms with Crippen LogP contribution in [0, 0.1) is 0 Å². The number of carbonyl (C=O) groups is 1. The molecule has 0 fully saturated rings. The fourth-order valence-corrected chi connectivity index (χ4v) is 4.66. The highest BCUT2D eigenvalue weighted by Gasteiger charge is 2.42. The number of ether oxygens (including phenoxy) is 1. The van der Waals surface area contributed by atoms with Gasteiger partial charge >= 0.3 is 0 Å². The molecule has 1 amide bonds. The number of fused-ring (bicyclic) bond motifs is 1. The fraction of sp³-hybridized carbons (Fsp3) is 0.154. The standard InChI is InChI=1S/C26H21Cl2N3O3/c1-34-19-9-2-15(3-10-19)12-13-31-25(16-4-6-17(27)7-5-16)22-23(29-30-24(22)26(31)33)20-14-18(28)8-11-21(20)32/h2-11,14,25,32H,12-13H2,1H3,(H,29,30). The lowest BCUT2D eigenvalue weighted by molar-refractivity contribution is 0.0746. The van der Waals surface area contributed by atoms with Crippen LogP contribution < -0.4 is 4.74 Å². The van der Waals surface area contributed by atoms with Crippen LogP contribution in [0.4, 0.5) is 0 Å². The first-order valence-corrected chi connectivity index (χ1v) is 11.5. The van der Waals surface area contributed by atoms with Crippen molar-refractivity contribution in [3.63, 3.8) is 0 Å². The third-order valence-electron chi connectivity index (χ3n) is 6.06. The second-order valence-electron chi connectivity index (χ2n) is 8.07. The number of amides is 1. The smallest absolute Gasteiger partial charge is 0.273 e. The number of nitrogens with zero attached hydrogens (tertiary/aromatic N) is 2. The third kappa shape index (κ3) is 4.00. The first-order chi connectivity index (χ1) is 16.5. The lowest BCUT2D eigenvalue weighted by Crippen LogP contribution is -2.31. The number of aromatic nitrogens is 2. The summed E-state index contributed by atoms with van der Waals surface area (Å²) in [6.07, 6.45) is 0.662. The first kappa shape index (κ1) is 22.3. The number of aromatic amines is 1. The predicted octanol–water partition coefficient (Wildman–Crippen LogP) is 5.89.